The van der Waals surface area contributed by atoms with Gasteiger partial charge >= 0.3 is 12.2 Å². The number of likely N-dealkylation sites (tertiary alicyclic amines) is 1. The van der Waals surface area contributed by atoms with Gasteiger partial charge in [0.1, 0.15) is 0 Å². The fourth-order valence-electron chi connectivity index (χ4n) is 3.80. The highest BCUT2D eigenvalue weighted by Gasteiger charge is 2.81. The van der Waals surface area contributed by atoms with E-state index in [1.165, 1.54) is 4.90 Å². The molecule has 120 valence electrons. The molecule has 0 aromatic heterocycles. The van der Waals surface area contributed by atoms with Gasteiger partial charge in [0, 0.05) is 43.6 Å². The lowest BCUT2D eigenvalue weighted by atomic mass is 9.83. The van der Waals surface area contributed by atoms with Crippen LogP contribution in [0.4, 0.5) is 18.0 Å². The summed E-state index contributed by atoms with van der Waals surface area (Å²) in [5.41, 5.74) is -2.83. The zero-order valence-corrected chi connectivity index (χ0v) is 11.9. The third-order valence-electron chi connectivity index (χ3n) is 5.36. The van der Waals surface area contributed by atoms with Crippen LogP contribution in [0.25, 0.3) is 0 Å². The Balaban J connectivity index is 1.54. The molecule has 21 heavy (non-hydrogen) atoms. The normalized spacial score (nSPS) is 36.9. The van der Waals surface area contributed by atoms with Crippen LogP contribution in [-0.4, -0.2) is 61.5 Å². The van der Waals surface area contributed by atoms with Crippen LogP contribution in [0.15, 0.2) is 0 Å². The van der Waals surface area contributed by atoms with Crippen LogP contribution in [0.2, 0.25) is 0 Å². The molecule has 0 spiro atoms. The minimum atomic E-state index is -4.23. The number of halogens is 3. The van der Waals surface area contributed by atoms with Gasteiger partial charge in [0.25, 0.3) is 0 Å². The van der Waals surface area contributed by atoms with Gasteiger partial charge in [0.2, 0.25) is 0 Å². The van der Waals surface area contributed by atoms with Crippen LogP contribution in [0.1, 0.15) is 13.3 Å². The van der Waals surface area contributed by atoms with Crippen molar-refractivity contribution in [3.05, 3.63) is 0 Å². The molecule has 2 heterocycles. The van der Waals surface area contributed by atoms with E-state index in [4.69, 9.17) is 5.11 Å². The van der Waals surface area contributed by atoms with Gasteiger partial charge in [-0.15, -0.1) is 0 Å². The molecule has 1 saturated carbocycles. The van der Waals surface area contributed by atoms with Crippen molar-refractivity contribution in [2.24, 2.45) is 16.2 Å². The highest BCUT2D eigenvalue weighted by atomic mass is 19.4. The lowest BCUT2D eigenvalue weighted by Crippen LogP contribution is -2.61. The summed E-state index contributed by atoms with van der Waals surface area (Å²) in [6, 6.07) is -0.342. The van der Waals surface area contributed by atoms with E-state index in [0.717, 1.165) is 0 Å². The van der Waals surface area contributed by atoms with Crippen LogP contribution in [0.3, 0.4) is 0 Å². The van der Waals surface area contributed by atoms with E-state index >= 15 is 0 Å². The van der Waals surface area contributed by atoms with Crippen molar-refractivity contribution in [2.75, 3.05) is 39.3 Å². The minimum Gasteiger partial charge on any atom is -0.396 e. The predicted molar refractivity (Wildman–Crippen MR) is 68.6 cm³/mol. The average molecular weight is 307 g/mol. The van der Waals surface area contributed by atoms with Gasteiger partial charge in [0.15, 0.2) is 0 Å². The van der Waals surface area contributed by atoms with Crippen molar-refractivity contribution >= 4 is 6.03 Å². The summed E-state index contributed by atoms with van der Waals surface area (Å²) in [6.45, 7) is 3.02. The molecule has 0 aromatic rings. The summed E-state index contributed by atoms with van der Waals surface area (Å²) in [4.78, 5) is 13.5. The van der Waals surface area contributed by atoms with Crippen LogP contribution >= 0.6 is 0 Å². The van der Waals surface area contributed by atoms with Crippen molar-refractivity contribution in [3.63, 3.8) is 0 Å². The zero-order valence-electron chi connectivity index (χ0n) is 11.9. The van der Waals surface area contributed by atoms with Gasteiger partial charge in [-0.2, -0.15) is 13.2 Å². The molecule has 0 aromatic carbocycles. The Kier molecular flexibility index (Phi) is 3.02. The Labute approximate surface area is 120 Å². The fraction of sp³-hybridized carbons (Fsp3) is 0.923. The first kappa shape index (κ1) is 14.9. The SMILES string of the molecule is CC1(CO)CN(C(=O)NC[C@@]23CNC[C@]2(C(F)(F)F)C3)C1. The summed E-state index contributed by atoms with van der Waals surface area (Å²) >= 11 is 0. The molecular formula is C13H20F3N3O2. The Hall–Kier alpha value is -1.02. The number of alkyl halides is 3. The molecule has 5 nitrogen and oxygen atoms in total. The lowest BCUT2D eigenvalue weighted by molar-refractivity contribution is -0.190. The van der Waals surface area contributed by atoms with Gasteiger partial charge in [-0.3, -0.25) is 0 Å². The first-order chi connectivity index (χ1) is 9.67. The second-order valence-corrected chi connectivity index (χ2v) is 7.12. The Morgan fingerprint density at radius 3 is 2.57 bits per heavy atom. The summed E-state index contributed by atoms with van der Waals surface area (Å²) < 4.78 is 39.4. The number of carbonyl (C=O) groups excluding carboxylic acids is 1. The Morgan fingerprint density at radius 2 is 2.05 bits per heavy atom. The Bertz CT molecular complexity index is 464. The minimum absolute atomic E-state index is 0.00181. The second kappa shape index (κ2) is 4.25. The van der Waals surface area contributed by atoms with Gasteiger partial charge in [-0.25, -0.2) is 4.79 Å². The maximum atomic E-state index is 13.1. The van der Waals surface area contributed by atoms with E-state index in [1.54, 1.807) is 0 Å². The van der Waals surface area contributed by atoms with E-state index < -0.39 is 17.0 Å². The van der Waals surface area contributed by atoms with E-state index in [2.05, 4.69) is 10.6 Å². The maximum absolute atomic E-state index is 13.1. The van der Waals surface area contributed by atoms with Gasteiger partial charge < -0.3 is 20.6 Å². The molecule has 2 aliphatic heterocycles. The Morgan fingerprint density at radius 1 is 1.38 bits per heavy atom. The molecule has 0 bridgehead atoms. The van der Waals surface area contributed by atoms with Crippen LogP contribution in [0, 0.1) is 16.2 Å². The highest BCUT2D eigenvalue weighted by Crippen LogP contribution is 2.72. The molecule has 3 aliphatic rings. The van der Waals surface area contributed by atoms with Crippen molar-refractivity contribution < 1.29 is 23.1 Å². The van der Waals surface area contributed by atoms with E-state index in [0.29, 0.717) is 19.6 Å². The first-order valence-electron chi connectivity index (χ1n) is 7.08. The molecule has 8 heteroatoms. The number of piperidine rings is 1. The number of rotatable bonds is 3. The molecule has 3 N–H and O–H groups in total. The predicted octanol–water partition coefficient (Wildman–Crippen LogP) is 0.552. The van der Waals surface area contributed by atoms with Crippen LogP contribution in [0.5, 0.6) is 0 Å². The third kappa shape index (κ3) is 2.03. The van der Waals surface area contributed by atoms with Crippen molar-refractivity contribution in [3.8, 4) is 0 Å². The van der Waals surface area contributed by atoms with Crippen molar-refractivity contribution in [1.29, 1.82) is 0 Å². The zero-order chi connectivity index (χ0) is 15.5. The molecule has 1 aliphatic carbocycles. The number of aliphatic hydroxyl groups is 1. The van der Waals surface area contributed by atoms with Crippen molar-refractivity contribution in [2.45, 2.75) is 19.5 Å². The molecule has 3 rings (SSSR count). The summed E-state index contributed by atoms with van der Waals surface area (Å²) in [5.74, 6) is 0. The molecular weight excluding hydrogens is 287 g/mol. The smallest absolute Gasteiger partial charge is 0.396 e. The summed E-state index contributed by atoms with van der Waals surface area (Å²) in [6.07, 6.45) is -4.14. The standard InChI is InChI=1S/C13H20F3N3O2/c1-10(8-20)6-19(7-10)9(21)18-4-11-2-12(11,5-17-3-11)13(14,15)16/h17,20H,2-8H2,1H3,(H,18,21)/t11-,12-/m1/s1. The number of aliphatic hydroxyl groups excluding tert-OH is 1. The first-order valence-corrected chi connectivity index (χ1v) is 7.08. The number of nitrogens with one attached hydrogen (secondary N) is 2. The number of hydrogen-bond donors (Lipinski definition) is 3. The fourth-order valence-corrected chi connectivity index (χ4v) is 3.80. The third-order valence-corrected chi connectivity index (χ3v) is 5.36. The number of fused-ring (bicyclic) bond motifs is 1. The van der Waals surface area contributed by atoms with Crippen LogP contribution in [-0.2, 0) is 0 Å². The molecule has 0 unspecified atom stereocenters. The van der Waals surface area contributed by atoms with Crippen molar-refractivity contribution in [1.82, 2.24) is 15.5 Å². The van der Waals surface area contributed by atoms with E-state index in [9.17, 15) is 18.0 Å². The van der Waals surface area contributed by atoms with Crippen LogP contribution < -0.4 is 10.6 Å². The van der Waals surface area contributed by atoms with E-state index in [1.807, 2.05) is 6.92 Å². The number of urea groups is 1. The van der Waals surface area contributed by atoms with Gasteiger partial charge in [-0.05, 0) is 6.42 Å². The number of hydrogen-bond acceptors (Lipinski definition) is 3. The summed E-state index contributed by atoms with van der Waals surface area (Å²) in [7, 11) is 0. The lowest BCUT2D eigenvalue weighted by Gasteiger charge is -2.46. The quantitative estimate of drug-likeness (QED) is 0.713. The maximum Gasteiger partial charge on any atom is 0.396 e. The number of amides is 2. The number of carbonyl (C=O) groups is 1. The summed E-state index contributed by atoms with van der Waals surface area (Å²) in [5, 5.41) is 14.6. The van der Waals surface area contributed by atoms with Gasteiger partial charge in [0.05, 0.1) is 12.0 Å². The van der Waals surface area contributed by atoms with Gasteiger partial charge in [-0.1, -0.05) is 6.92 Å². The largest absolute Gasteiger partial charge is 0.396 e. The average Bonchev–Trinajstić information content (AvgIpc) is 2.90. The molecule has 2 atom stereocenters. The molecule has 3 fully saturated rings. The highest BCUT2D eigenvalue weighted by molar-refractivity contribution is 5.75. The molecule has 0 radical (unpaired) electrons. The van der Waals surface area contributed by atoms with E-state index in [-0.39, 0.29) is 37.6 Å². The molecule has 2 amide bonds. The number of nitrogens with zero attached hydrogens (tertiary/aromatic N) is 1. The monoisotopic (exact) mass is 307 g/mol. The topological polar surface area (TPSA) is 64.6 Å². The second-order valence-electron chi connectivity index (χ2n) is 7.12. The molecule has 2 saturated heterocycles.